The van der Waals surface area contributed by atoms with Crippen LogP contribution < -0.4 is 30.5 Å². The molecule has 3 aromatic heterocycles. The molecule has 0 aliphatic rings. The molecule has 0 unspecified atom stereocenters. The van der Waals surface area contributed by atoms with E-state index in [1.54, 1.807) is 0 Å². The van der Waals surface area contributed by atoms with Gasteiger partial charge in [0.05, 0.1) is 16.6 Å². The summed E-state index contributed by atoms with van der Waals surface area (Å²) < 4.78 is 12.8. The van der Waals surface area contributed by atoms with E-state index in [-0.39, 0.29) is 71.3 Å². The Morgan fingerprint density at radius 3 is 1.20 bits per heavy atom. The van der Waals surface area contributed by atoms with Gasteiger partial charge in [0.2, 0.25) is 0 Å². The molecule has 0 aliphatic heterocycles. The van der Waals surface area contributed by atoms with Crippen molar-refractivity contribution in [3.8, 4) is 0 Å². The monoisotopic (exact) mass is 684 g/mol. The van der Waals surface area contributed by atoms with E-state index in [2.05, 4.69) is 184 Å². The number of halogens is 1. The molecule has 0 saturated heterocycles. The van der Waals surface area contributed by atoms with E-state index in [9.17, 15) is 0 Å². The predicted octanol–water partition coefficient (Wildman–Crippen LogP) is 1.89. The molecule has 232 valence electrons. The van der Waals surface area contributed by atoms with Crippen molar-refractivity contribution in [3.05, 3.63) is 128 Å². The molecule has 0 amide bonds. The summed E-state index contributed by atoms with van der Waals surface area (Å²) in [5.74, 6) is 0. The Kier molecular flexibility index (Phi) is 15.4. The number of nitrogens with zero attached hydrogens (tertiary/aromatic N) is 6. The minimum atomic E-state index is -1.24. The fourth-order valence-corrected chi connectivity index (χ4v) is 4.21. The van der Waals surface area contributed by atoms with Crippen LogP contribution in [0.4, 0.5) is 0 Å². The van der Waals surface area contributed by atoms with Crippen molar-refractivity contribution in [1.82, 2.24) is 13.6 Å². The number of benzene rings is 2. The molecule has 0 atom stereocenters. The van der Waals surface area contributed by atoms with Gasteiger partial charge in [0, 0.05) is 0 Å². The summed E-state index contributed by atoms with van der Waals surface area (Å²) in [6.45, 7) is 23.8. The van der Waals surface area contributed by atoms with Crippen LogP contribution in [0.5, 0.6) is 0 Å². The van der Waals surface area contributed by atoms with Crippen LogP contribution in [0.25, 0.3) is 0 Å². The number of imidazole rings is 3. The van der Waals surface area contributed by atoms with Crippen LogP contribution in [0.1, 0.15) is 73.4 Å². The van der Waals surface area contributed by atoms with E-state index in [0.29, 0.717) is 0 Å². The van der Waals surface area contributed by atoms with Crippen LogP contribution in [0.15, 0.2) is 97.8 Å². The predicted molar refractivity (Wildman–Crippen MR) is 177 cm³/mol. The molecule has 2 aromatic carbocycles. The molecule has 5 aromatic rings. The minimum Gasteiger partial charge on any atom is -1.00 e. The minimum absolute atomic E-state index is 0. The zero-order valence-corrected chi connectivity index (χ0v) is 32.5. The number of aryl methyl sites for hydroxylation is 2. The van der Waals surface area contributed by atoms with E-state index in [0.717, 1.165) is 0 Å². The fraction of sp³-hybridized carbons (Fsp3) is 0.400. The van der Waals surface area contributed by atoms with Gasteiger partial charge in [-0.2, -0.15) is 0 Å². The summed E-state index contributed by atoms with van der Waals surface area (Å²) in [6.07, 6.45) is 23.1. The molecule has 0 N–H and O–H groups in total. The summed E-state index contributed by atoms with van der Waals surface area (Å²) >= 11 is 0. The molecule has 3 heterocycles. The molecule has 0 spiro atoms. The quantitative estimate of drug-likeness (QED) is 0.158. The first-order chi connectivity index (χ1) is 19.6. The molecule has 9 heteroatoms. The summed E-state index contributed by atoms with van der Waals surface area (Å²) in [6, 6.07) is 20.5. The summed E-state index contributed by atoms with van der Waals surface area (Å²) in [4.78, 5) is 0. The van der Waals surface area contributed by atoms with E-state index in [1.807, 2.05) is 36.4 Å². The van der Waals surface area contributed by atoms with Gasteiger partial charge >= 0.3 is 44.9 Å². The van der Waals surface area contributed by atoms with Gasteiger partial charge in [-0.1, -0.05) is 90.4 Å². The first-order valence-corrected chi connectivity index (χ1v) is 14.8. The van der Waals surface area contributed by atoms with Gasteiger partial charge in [-0.25, -0.2) is 0 Å². The number of rotatable bonds is 3. The summed E-state index contributed by atoms with van der Waals surface area (Å²) in [7, 11) is -1.24. The summed E-state index contributed by atoms with van der Waals surface area (Å²) in [5.41, 5.74) is 2.58. The van der Waals surface area contributed by atoms with E-state index < -0.39 is 7.12 Å². The van der Waals surface area contributed by atoms with Gasteiger partial charge in [-0.05, 0) is 94.8 Å². The van der Waals surface area contributed by atoms with Crippen LogP contribution in [0, 0.1) is 32.8 Å². The molecular weight excluding hydrogens is 635 g/mol. The second kappa shape index (κ2) is 17.0. The Labute approximate surface area is 307 Å². The SMILES string of the molecule is CC(C)(C)n1[c-][n+]([BH-](n2[c-][n+](C(C)(C)C)cc2)[n+]2[c-]n(C(C)(C)C)cc2)cc1.Cc1ccccc1.Cc1ccccc1.[Br-].[Ca+2]. The molecule has 0 bridgehead atoms. The van der Waals surface area contributed by atoms with Crippen molar-refractivity contribution >= 4 is 44.9 Å². The molecule has 0 fully saturated rings. The second-order valence-corrected chi connectivity index (χ2v) is 14.0. The Morgan fingerprint density at radius 1 is 0.568 bits per heavy atom. The van der Waals surface area contributed by atoms with Gasteiger partial charge < -0.3 is 44.1 Å². The Hall–Kier alpha value is -2.13. The maximum atomic E-state index is 3.52. The average Bonchev–Trinajstić information content (AvgIpc) is 3.67. The molecular formula is C35H50BBrCaN6. The number of hydrogen-bond acceptors (Lipinski definition) is 0. The van der Waals surface area contributed by atoms with E-state index in [1.165, 1.54) is 11.1 Å². The largest absolute Gasteiger partial charge is 2.00 e. The molecule has 0 saturated carbocycles. The van der Waals surface area contributed by atoms with Crippen molar-refractivity contribution in [2.75, 3.05) is 0 Å². The standard InChI is InChI=1S/C21H34BN6.2C7H8.BrH.Ca/c1-19(2,3)23-10-13-26(16-23)22(27-14-11-24(17-27)20(4,5)6)28-15-12-25(18-28)21(7,8)9;2*1-7-5-3-2-4-6-7;;/h10-15,22H,1-9H3;2*2-6H,1H3;1H;/q-1;;;;+2/p-1. The maximum Gasteiger partial charge on any atom is 2.00 e. The zero-order chi connectivity index (χ0) is 31.1. The van der Waals surface area contributed by atoms with Crippen molar-refractivity contribution < 1.29 is 30.5 Å². The van der Waals surface area contributed by atoms with Gasteiger partial charge in [0.15, 0.2) is 19.0 Å². The first kappa shape index (κ1) is 39.9. The number of hydrogen-bond donors (Lipinski definition) is 0. The Balaban J connectivity index is 0.000000496. The molecule has 6 nitrogen and oxygen atoms in total. The van der Waals surface area contributed by atoms with Crippen LogP contribution in [0.3, 0.4) is 0 Å². The van der Waals surface area contributed by atoms with Crippen LogP contribution in [-0.4, -0.2) is 58.5 Å². The van der Waals surface area contributed by atoms with E-state index >= 15 is 0 Å². The third-order valence-electron chi connectivity index (χ3n) is 6.86. The van der Waals surface area contributed by atoms with Crippen molar-refractivity contribution in [2.24, 2.45) is 0 Å². The summed E-state index contributed by atoms with van der Waals surface area (Å²) in [5, 5.41) is 0. The Morgan fingerprint density at radius 2 is 0.955 bits per heavy atom. The smallest absolute Gasteiger partial charge is 1.00 e. The van der Waals surface area contributed by atoms with Crippen molar-refractivity contribution in [3.63, 3.8) is 0 Å². The van der Waals surface area contributed by atoms with Crippen molar-refractivity contribution in [1.29, 1.82) is 0 Å². The molecule has 44 heavy (non-hydrogen) atoms. The van der Waals surface area contributed by atoms with Crippen molar-refractivity contribution in [2.45, 2.75) is 92.8 Å². The van der Waals surface area contributed by atoms with Crippen LogP contribution in [0.2, 0.25) is 0 Å². The Bertz CT molecular complexity index is 1340. The second-order valence-electron chi connectivity index (χ2n) is 14.0. The average molecular weight is 686 g/mol. The maximum absolute atomic E-state index is 3.52. The van der Waals surface area contributed by atoms with Gasteiger partial charge in [-0.15, -0.1) is 0 Å². The van der Waals surface area contributed by atoms with Gasteiger partial charge in [0.25, 0.3) is 0 Å². The van der Waals surface area contributed by atoms with E-state index in [4.69, 9.17) is 0 Å². The third kappa shape index (κ3) is 12.0. The zero-order valence-electron chi connectivity index (χ0n) is 28.7. The number of aromatic nitrogens is 6. The molecule has 0 radical (unpaired) electrons. The molecule has 5 rings (SSSR count). The topological polar surface area (TPSA) is 26.4 Å². The fourth-order valence-electron chi connectivity index (χ4n) is 4.21. The van der Waals surface area contributed by atoms with Gasteiger partial charge in [0.1, 0.15) is 0 Å². The normalized spacial score (nSPS) is 11.4. The molecule has 0 aliphatic carbocycles. The first-order valence-electron chi connectivity index (χ1n) is 14.8. The van der Waals surface area contributed by atoms with Crippen LogP contribution in [-0.2, 0) is 16.6 Å². The van der Waals surface area contributed by atoms with Gasteiger partial charge in [-0.3, -0.25) is 0 Å². The third-order valence-corrected chi connectivity index (χ3v) is 6.86. The van der Waals surface area contributed by atoms with Crippen LogP contribution >= 0.6 is 0 Å².